The second kappa shape index (κ2) is 7.33. The maximum atomic E-state index is 12.6. The van der Waals surface area contributed by atoms with E-state index in [4.69, 9.17) is 0 Å². The Balaban J connectivity index is 1.37. The molecule has 0 bridgehead atoms. The van der Waals surface area contributed by atoms with Gasteiger partial charge in [0.05, 0.1) is 5.69 Å². The number of aromatic nitrogens is 3. The fraction of sp³-hybridized carbons (Fsp3) is 0. The molecule has 2 aromatic heterocycles. The van der Waals surface area contributed by atoms with E-state index in [2.05, 4.69) is 15.4 Å². The van der Waals surface area contributed by atoms with Crippen molar-refractivity contribution in [1.29, 1.82) is 0 Å². The Morgan fingerprint density at radius 1 is 0.793 bits per heavy atom. The number of benzene rings is 3. The van der Waals surface area contributed by atoms with Crippen LogP contribution in [0, 0.1) is 0 Å². The van der Waals surface area contributed by atoms with Gasteiger partial charge in [0.25, 0.3) is 11.9 Å². The quantitative estimate of drug-likeness (QED) is 0.444. The number of anilines is 1. The SMILES string of the molecule is O=C(Nc1nc2scc(-c3ccccc3)n2n1)c1ccc(-c2ccccc2)cc1. The smallest absolute Gasteiger partial charge is 0.258 e. The van der Waals surface area contributed by atoms with E-state index in [0.717, 1.165) is 27.3 Å². The zero-order valence-corrected chi connectivity index (χ0v) is 16.1. The molecule has 5 aromatic rings. The maximum Gasteiger partial charge on any atom is 0.258 e. The van der Waals surface area contributed by atoms with Gasteiger partial charge in [-0.2, -0.15) is 4.98 Å². The van der Waals surface area contributed by atoms with Gasteiger partial charge < -0.3 is 0 Å². The minimum atomic E-state index is -0.232. The minimum absolute atomic E-state index is 0.232. The van der Waals surface area contributed by atoms with Crippen molar-refractivity contribution < 1.29 is 4.79 Å². The predicted octanol–water partition coefficient (Wildman–Crippen LogP) is 5.38. The fourth-order valence-corrected chi connectivity index (χ4v) is 3.99. The van der Waals surface area contributed by atoms with Crippen LogP contribution in [0.25, 0.3) is 27.3 Å². The number of nitrogens with zero attached hydrogens (tertiary/aromatic N) is 3. The average molecular weight is 396 g/mol. The molecule has 0 radical (unpaired) electrons. The largest absolute Gasteiger partial charge is 0.289 e. The van der Waals surface area contributed by atoms with Crippen molar-refractivity contribution in [3.8, 4) is 22.4 Å². The van der Waals surface area contributed by atoms with Crippen molar-refractivity contribution in [1.82, 2.24) is 14.6 Å². The van der Waals surface area contributed by atoms with E-state index < -0.39 is 0 Å². The van der Waals surface area contributed by atoms with Crippen LogP contribution in [-0.2, 0) is 0 Å². The zero-order chi connectivity index (χ0) is 19.6. The number of nitrogens with one attached hydrogen (secondary N) is 1. The van der Waals surface area contributed by atoms with Crippen molar-refractivity contribution in [3.63, 3.8) is 0 Å². The molecule has 0 atom stereocenters. The first kappa shape index (κ1) is 17.3. The number of carbonyl (C=O) groups is 1. The molecule has 0 saturated carbocycles. The van der Waals surface area contributed by atoms with Crippen LogP contribution in [0.3, 0.4) is 0 Å². The highest BCUT2D eigenvalue weighted by molar-refractivity contribution is 7.15. The van der Waals surface area contributed by atoms with Gasteiger partial charge in [0.15, 0.2) is 0 Å². The normalized spacial score (nSPS) is 10.9. The maximum absolute atomic E-state index is 12.6. The Hall–Kier alpha value is -3.77. The summed E-state index contributed by atoms with van der Waals surface area (Å²) >= 11 is 1.49. The number of hydrogen-bond acceptors (Lipinski definition) is 4. The van der Waals surface area contributed by atoms with Crippen molar-refractivity contribution in [3.05, 3.63) is 95.9 Å². The van der Waals surface area contributed by atoms with E-state index in [9.17, 15) is 4.79 Å². The fourth-order valence-electron chi connectivity index (χ4n) is 3.16. The molecule has 6 heteroatoms. The van der Waals surface area contributed by atoms with E-state index in [1.54, 1.807) is 4.52 Å². The molecule has 0 aliphatic rings. The highest BCUT2D eigenvalue weighted by Gasteiger charge is 2.14. The molecule has 0 unspecified atom stereocenters. The minimum Gasteiger partial charge on any atom is -0.289 e. The lowest BCUT2D eigenvalue weighted by atomic mass is 10.0. The topological polar surface area (TPSA) is 59.3 Å². The lowest BCUT2D eigenvalue weighted by Gasteiger charge is -2.04. The van der Waals surface area contributed by atoms with Gasteiger partial charge >= 0.3 is 0 Å². The van der Waals surface area contributed by atoms with Gasteiger partial charge in [0.1, 0.15) is 0 Å². The van der Waals surface area contributed by atoms with E-state index in [0.29, 0.717) is 11.5 Å². The van der Waals surface area contributed by atoms with Crippen molar-refractivity contribution in [2.75, 3.05) is 5.32 Å². The average Bonchev–Trinajstić information content (AvgIpc) is 3.35. The summed E-state index contributed by atoms with van der Waals surface area (Å²) in [6.45, 7) is 0. The molecular weight excluding hydrogens is 380 g/mol. The first-order valence-corrected chi connectivity index (χ1v) is 10.0. The summed E-state index contributed by atoms with van der Waals surface area (Å²) < 4.78 is 1.76. The summed E-state index contributed by atoms with van der Waals surface area (Å²) in [7, 11) is 0. The highest BCUT2D eigenvalue weighted by atomic mass is 32.1. The summed E-state index contributed by atoms with van der Waals surface area (Å²) in [6.07, 6.45) is 0. The van der Waals surface area contributed by atoms with E-state index in [-0.39, 0.29) is 5.91 Å². The van der Waals surface area contributed by atoms with E-state index in [1.165, 1.54) is 11.3 Å². The van der Waals surface area contributed by atoms with Crippen LogP contribution in [0.2, 0.25) is 0 Å². The number of fused-ring (bicyclic) bond motifs is 1. The summed E-state index contributed by atoms with van der Waals surface area (Å²) in [5, 5.41) is 9.27. The first-order chi connectivity index (χ1) is 14.3. The second-order valence-corrected chi connectivity index (χ2v) is 7.35. The monoisotopic (exact) mass is 396 g/mol. The van der Waals surface area contributed by atoms with Crippen LogP contribution >= 0.6 is 11.3 Å². The third kappa shape index (κ3) is 3.41. The Morgan fingerprint density at radius 3 is 2.10 bits per heavy atom. The summed E-state index contributed by atoms with van der Waals surface area (Å²) in [4.78, 5) is 17.8. The summed E-state index contributed by atoms with van der Waals surface area (Å²) in [6, 6.07) is 27.6. The Kier molecular flexibility index (Phi) is 4.38. The number of thiazole rings is 1. The van der Waals surface area contributed by atoms with Crippen LogP contribution in [0.1, 0.15) is 10.4 Å². The van der Waals surface area contributed by atoms with Crippen LogP contribution in [-0.4, -0.2) is 20.5 Å². The van der Waals surface area contributed by atoms with Crippen LogP contribution in [0.15, 0.2) is 90.3 Å². The van der Waals surface area contributed by atoms with Gasteiger partial charge in [-0.3, -0.25) is 10.1 Å². The number of hydrogen-bond donors (Lipinski definition) is 1. The van der Waals surface area contributed by atoms with Gasteiger partial charge in [0.2, 0.25) is 4.96 Å². The number of rotatable bonds is 4. The number of amides is 1. The Labute approximate surface area is 171 Å². The van der Waals surface area contributed by atoms with Gasteiger partial charge in [-0.25, -0.2) is 4.52 Å². The lowest BCUT2D eigenvalue weighted by molar-refractivity contribution is 0.102. The van der Waals surface area contributed by atoms with E-state index in [1.807, 2.05) is 90.3 Å². The highest BCUT2D eigenvalue weighted by Crippen LogP contribution is 2.26. The third-order valence-corrected chi connectivity index (χ3v) is 5.45. The van der Waals surface area contributed by atoms with Gasteiger partial charge in [0, 0.05) is 16.5 Å². The number of carbonyl (C=O) groups excluding carboxylic acids is 1. The summed E-state index contributed by atoms with van der Waals surface area (Å²) in [5.74, 6) is 0.0651. The molecule has 1 amide bonds. The van der Waals surface area contributed by atoms with E-state index >= 15 is 0 Å². The van der Waals surface area contributed by atoms with Gasteiger partial charge in [-0.05, 0) is 23.3 Å². The van der Waals surface area contributed by atoms with Gasteiger partial charge in [-0.1, -0.05) is 72.8 Å². The molecule has 5 nitrogen and oxygen atoms in total. The molecule has 0 spiro atoms. The van der Waals surface area contributed by atoms with Gasteiger partial charge in [-0.15, -0.1) is 16.4 Å². The summed E-state index contributed by atoms with van der Waals surface area (Å²) in [5.41, 5.74) is 4.74. The molecule has 0 aliphatic carbocycles. The van der Waals surface area contributed by atoms with Crippen molar-refractivity contribution in [2.24, 2.45) is 0 Å². The molecule has 2 heterocycles. The molecular formula is C23H16N4OS. The molecule has 0 fully saturated rings. The van der Waals surface area contributed by atoms with Crippen LogP contribution in [0.5, 0.6) is 0 Å². The molecule has 0 aliphatic heterocycles. The Morgan fingerprint density at radius 2 is 1.41 bits per heavy atom. The molecule has 140 valence electrons. The molecule has 0 saturated heterocycles. The first-order valence-electron chi connectivity index (χ1n) is 9.14. The standard InChI is InChI=1S/C23H16N4OS/c28-21(19-13-11-17(12-14-19)16-7-3-1-4-8-16)24-22-25-23-27(26-22)20(15-29-23)18-9-5-2-6-10-18/h1-15H,(H,24,26,28). The van der Waals surface area contributed by atoms with Crippen molar-refractivity contribution in [2.45, 2.75) is 0 Å². The molecule has 29 heavy (non-hydrogen) atoms. The molecule has 3 aromatic carbocycles. The van der Waals surface area contributed by atoms with Crippen molar-refractivity contribution >= 4 is 28.2 Å². The zero-order valence-electron chi connectivity index (χ0n) is 15.3. The van der Waals surface area contributed by atoms with Crippen LogP contribution < -0.4 is 5.32 Å². The third-order valence-electron chi connectivity index (χ3n) is 4.63. The lowest BCUT2D eigenvalue weighted by Crippen LogP contribution is -2.13. The molecule has 1 N–H and O–H groups in total. The second-order valence-electron chi connectivity index (χ2n) is 6.51. The van der Waals surface area contributed by atoms with Crippen LogP contribution in [0.4, 0.5) is 5.95 Å². The molecule has 5 rings (SSSR count). The predicted molar refractivity (Wildman–Crippen MR) is 116 cm³/mol. The Bertz CT molecular complexity index is 1280.